The van der Waals surface area contributed by atoms with Crippen molar-refractivity contribution in [2.45, 2.75) is 51.7 Å². The van der Waals surface area contributed by atoms with E-state index >= 15 is 0 Å². The highest BCUT2D eigenvalue weighted by Crippen LogP contribution is 2.29. The normalized spacial score (nSPS) is 15.3. The van der Waals surface area contributed by atoms with Gasteiger partial charge in [-0.3, -0.25) is 0 Å². The van der Waals surface area contributed by atoms with Crippen LogP contribution in [0.5, 0.6) is 5.88 Å². The summed E-state index contributed by atoms with van der Waals surface area (Å²) < 4.78 is 5.98. The van der Waals surface area contributed by atoms with Crippen molar-refractivity contribution >= 4 is 11.5 Å². The Morgan fingerprint density at radius 1 is 1.13 bits per heavy atom. The first-order valence-electron chi connectivity index (χ1n) is 8.29. The molecule has 0 spiro atoms. The molecule has 0 atom stereocenters. The Labute approximate surface area is 137 Å². The summed E-state index contributed by atoms with van der Waals surface area (Å²) in [5.41, 5.74) is 9.10. The molecule has 0 aliphatic heterocycles. The van der Waals surface area contributed by atoms with Crippen LogP contribution in [0.2, 0.25) is 0 Å². The van der Waals surface area contributed by atoms with Crippen LogP contribution < -0.4 is 15.8 Å². The summed E-state index contributed by atoms with van der Waals surface area (Å²) in [6, 6.07) is 8.38. The third kappa shape index (κ3) is 4.12. The second-order valence-corrected chi connectivity index (χ2v) is 6.16. The van der Waals surface area contributed by atoms with Gasteiger partial charge >= 0.3 is 0 Å². The molecule has 0 unspecified atom stereocenters. The Hall–Kier alpha value is -2.30. The van der Waals surface area contributed by atoms with Crippen LogP contribution in [0.1, 0.15) is 43.2 Å². The molecule has 5 heteroatoms. The summed E-state index contributed by atoms with van der Waals surface area (Å²) in [5.74, 6) is 1.13. The quantitative estimate of drug-likeness (QED) is 0.881. The molecular weight excluding hydrogens is 288 g/mol. The lowest BCUT2D eigenvalue weighted by Gasteiger charge is -2.23. The highest BCUT2D eigenvalue weighted by atomic mass is 16.5. The van der Waals surface area contributed by atoms with Gasteiger partial charge in [0.1, 0.15) is 18.1 Å². The molecule has 0 saturated heterocycles. The summed E-state index contributed by atoms with van der Waals surface area (Å²) >= 11 is 0. The van der Waals surface area contributed by atoms with E-state index in [-0.39, 0.29) is 6.10 Å². The van der Waals surface area contributed by atoms with E-state index in [2.05, 4.69) is 46.5 Å². The van der Waals surface area contributed by atoms with Gasteiger partial charge < -0.3 is 15.8 Å². The number of nitrogens with zero attached hydrogens (tertiary/aromatic N) is 2. The van der Waals surface area contributed by atoms with Gasteiger partial charge in [-0.25, -0.2) is 4.98 Å². The van der Waals surface area contributed by atoms with Crippen LogP contribution in [-0.2, 0) is 6.54 Å². The first-order chi connectivity index (χ1) is 11.2. The second-order valence-electron chi connectivity index (χ2n) is 6.16. The smallest absolute Gasteiger partial charge is 0.242 e. The predicted octanol–water partition coefficient (Wildman–Crippen LogP) is 3.69. The van der Waals surface area contributed by atoms with E-state index in [1.165, 1.54) is 36.7 Å². The molecule has 1 aromatic heterocycles. The molecule has 1 fully saturated rings. The maximum absolute atomic E-state index is 6.18. The zero-order valence-electron chi connectivity index (χ0n) is 13.6. The molecule has 0 radical (unpaired) electrons. The number of aryl methyl sites for hydroxylation is 1. The Balaban J connectivity index is 1.65. The SMILES string of the molecule is Cc1ccc(CNc2ncnc(OC3CCCCC3)c2N)cc1. The monoisotopic (exact) mass is 312 g/mol. The minimum absolute atomic E-state index is 0.228. The molecule has 3 rings (SSSR count). The van der Waals surface area contributed by atoms with Crippen molar-refractivity contribution in [3.8, 4) is 5.88 Å². The zero-order valence-corrected chi connectivity index (χ0v) is 13.6. The van der Waals surface area contributed by atoms with Crippen molar-refractivity contribution in [1.82, 2.24) is 9.97 Å². The fourth-order valence-corrected chi connectivity index (χ4v) is 2.85. The summed E-state index contributed by atoms with van der Waals surface area (Å²) in [6.45, 7) is 2.75. The van der Waals surface area contributed by atoms with Crippen LogP contribution in [0.3, 0.4) is 0 Å². The van der Waals surface area contributed by atoms with Crippen molar-refractivity contribution < 1.29 is 4.74 Å². The average Bonchev–Trinajstić information content (AvgIpc) is 2.58. The Morgan fingerprint density at radius 3 is 2.61 bits per heavy atom. The number of aromatic nitrogens is 2. The molecular formula is C18H24N4O. The minimum atomic E-state index is 0.228. The molecule has 122 valence electrons. The lowest BCUT2D eigenvalue weighted by Crippen LogP contribution is -2.21. The number of nitrogens with one attached hydrogen (secondary N) is 1. The maximum Gasteiger partial charge on any atom is 0.242 e. The van der Waals surface area contributed by atoms with Crippen molar-refractivity contribution in [1.29, 1.82) is 0 Å². The molecule has 1 aliphatic carbocycles. The minimum Gasteiger partial charge on any atom is -0.473 e. The van der Waals surface area contributed by atoms with E-state index < -0.39 is 0 Å². The third-order valence-electron chi connectivity index (χ3n) is 4.26. The van der Waals surface area contributed by atoms with Crippen LogP contribution >= 0.6 is 0 Å². The molecule has 2 aromatic rings. The van der Waals surface area contributed by atoms with Crippen LogP contribution in [0.25, 0.3) is 0 Å². The van der Waals surface area contributed by atoms with Gasteiger partial charge in [0, 0.05) is 6.54 Å². The van der Waals surface area contributed by atoms with Gasteiger partial charge in [0.25, 0.3) is 0 Å². The second kappa shape index (κ2) is 7.31. The van der Waals surface area contributed by atoms with E-state index in [1.807, 2.05) is 0 Å². The number of rotatable bonds is 5. The third-order valence-corrected chi connectivity index (χ3v) is 4.26. The van der Waals surface area contributed by atoms with Crippen molar-refractivity contribution in [2.24, 2.45) is 0 Å². The standard InChI is InChI=1S/C18H24N4O/c1-13-7-9-14(10-8-13)11-20-17-16(19)18(22-12-21-17)23-15-5-3-2-4-6-15/h7-10,12,15H,2-6,11,19H2,1H3,(H,20,21,22). The number of hydrogen-bond acceptors (Lipinski definition) is 5. The van der Waals surface area contributed by atoms with Crippen LogP contribution in [0.15, 0.2) is 30.6 Å². The Morgan fingerprint density at radius 2 is 1.87 bits per heavy atom. The Bertz CT molecular complexity index is 636. The molecule has 3 N–H and O–H groups in total. The lowest BCUT2D eigenvalue weighted by atomic mass is 9.98. The molecule has 1 aromatic carbocycles. The van der Waals surface area contributed by atoms with Gasteiger partial charge in [-0.15, -0.1) is 0 Å². The van der Waals surface area contributed by atoms with E-state index in [4.69, 9.17) is 10.5 Å². The number of hydrogen-bond donors (Lipinski definition) is 2. The predicted molar refractivity (Wildman–Crippen MR) is 92.5 cm³/mol. The van der Waals surface area contributed by atoms with Crippen LogP contribution in [0.4, 0.5) is 11.5 Å². The summed E-state index contributed by atoms with van der Waals surface area (Å²) in [5, 5.41) is 3.27. The summed E-state index contributed by atoms with van der Waals surface area (Å²) in [6.07, 6.45) is 7.62. The van der Waals surface area contributed by atoms with E-state index in [0.717, 1.165) is 12.8 Å². The topological polar surface area (TPSA) is 73.1 Å². The van der Waals surface area contributed by atoms with Crippen molar-refractivity contribution in [3.63, 3.8) is 0 Å². The molecule has 1 heterocycles. The van der Waals surface area contributed by atoms with E-state index in [0.29, 0.717) is 23.9 Å². The molecule has 5 nitrogen and oxygen atoms in total. The molecule has 1 aliphatic rings. The first-order valence-corrected chi connectivity index (χ1v) is 8.29. The number of nitrogen functional groups attached to an aromatic ring is 1. The van der Waals surface area contributed by atoms with Crippen LogP contribution in [0, 0.1) is 6.92 Å². The van der Waals surface area contributed by atoms with Gasteiger partial charge in [-0.1, -0.05) is 36.2 Å². The van der Waals surface area contributed by atoms with Crippen molar-refractivity contribution in [3.05, 3.63) is 41.7 Å². The fraction of sp³-hybridized carbons (Fsp3) is 0.444. The number of anilines is 2. The lowest BCUT2D eigenvalue weighted by molar-refractivity contribution is 0.149. The molecule has 1 saturated carbocycles. The zero-order chi connectivity index (χ0) is 16.1. The number of benzene rings is 1. The summed E-state index contributed by atoms with van der Waals surface area (Å²) in [4.78, 5) is 8.44. The highest BCUT2D eigenvalue weighted by molar-refractivity contribution is 5.66. The van der Waals surface area contributed by atoms with Crippen LogP contribution in [-0.4, -0.2) is 16.1 Å². The van der Waals surface area contributed by atoms with Gasteiger partial charge in [-0.05, 0) is 38.2 Å². The van der Waals surface area contributed by atoms with Gasteiger partial charge in [0.15, 0.2) is 5.82 Å². The van der Waals surface area contributed by atoms with Gasteiger partial charge in [0.2, 0.25) is 5.88 Å². The number of nitrogens with two attached hydrogens (primary N) is 1. The van der Waals surface area contributed by atoms with Gasteiger partial charge in [-0.2, -0.15) is 4.98 Å². The fourth-order valence-electron chi connectivity index (χ4n) is 2.85. The largest absolute Gasteiger partial charge is 0.473 e. The molecule has 0 amide bonds. The van der Waals surface area contributed by atoms with E-state index in [9.17, 15) is 0 Å². The van der Waals surface area contributed by atoms with Gasteiger partial charge in [0.05, 0.1) is 0 Å². The maximum atomic E-state index is 6.18. The highest BCUT2D eigenvalue weighted by Gasteiger charge is 2.18. The average molecular weight is 312 g/mol. The van der Waals surface area contributed by atoms with Crippen molar-refractivity contribution in [2.75, 3.05) is 11.1 Å². The first kappa shape index (κ1) is 15.6. The van der Waals surface area contributed by atoms with E-state index in [1.54, 1.807) is 0 Å². The molecule has 0 bridgehead atoms. The Kier molecular flexibility index (Phi) is 4.95. The number of ether oxygens (including phenoxy) is 1. The summed E-state index contributed by atoms with van der Waals surface area (Å²) in [7, 11) is 0. The molecule has 23 heavy (non-hydrogen) atoms.